The number of aromatic amines is 1. The number of aryl methyl sites for hydroxylation is 2. The van der Waals surface area contributed by atoms with Crippen LogP contribution in [0.2, 0.25) is 0 Å². The monoisotopic (exact) mass is 265 g/mol. The number of hydrogen-bond donors (Lipinski definition) is 3. The Labute approximate surface area is 118 Å². The van der Waals surface area contributed by atoms with Gasteiger partial charge in [-0.15, -0.1) is 0 Å². The molecule has 1 heterocycles. The second-order valence-electron chi connectivity index (χ2n) is 5.17. The fraction of sp³-hybridized carbons (Fsp3) is 0.176. The Morgan fingerprint density at radius 1 is 0.900 bits per heavy atom. The van der Waals surface area contributed by atoms with Gasteiger partial charge in [-0.05, 0) is 48.6 Å². The lowest BCUT2D eigenvalue weighted by atomic mass is 10.0. The molecule has 3 nitrogen and oxygen atoms in total. The van der Waals surface area contributed by atoms with E-state index in [4.69, 9.17) is 11.5 Å². The first kappa shape index (κ1) is 12.6. The number of hydrogen-bond acceptors (Lipinski definition) is 2. The Bertz CT molecular complexity index is 728. The van der Waals surface area contributed by atoms with Gasteiger partial charge in [0.25, 0.3) is 0 Å². The van der Waals surface area contributed by atoms with Gasteiger partial charge in [0.2, 0.25) is 0 Å². The van der Waals surface area contributed by atoms with Crippen LogP contribution in [0.5, 0.6) is 0 Å². The standard InChI is InChI=1S/C17H19N3/c18-14-9-8-12(16(19)10-14)4-3-5-13-11-20-17-7-2-1-6-15(13)17/h1-2,6-11,20H,3-5,18-19H2. The van der Waals surface area contributed by atoms with Crippen molar-refractivity contribution >= 4 is 22.3 Å². The maximum Gasteiger partial charge on any atom is 0.0456 e. The van der Waals surface area contributed by atoms with Crippen LogP contribution in [0.1, 0.15) is 17.5 Å². The molecule has 102 valence electrons. The maximum atomic E-state index is 5.99. The molecule has 0 atom stereocenters. The summed E-state index contributed by atoms with van der Waals surface area (Å²) < 4.78 is 0. The van der Waals surface area contributed by atoms with E-state index in [0.29, 0.717) is 0 Å². The first-order valence-electron chi connectivity index (χ1n) is 6.93. The number of anilines is 2. The zero-order valence-corrected chi connectivity index (χ0v) is 11.4. The fourth-order valence-corrected chi connectivity index (χ4v) is 2.65. The van der Waals surface area contributed by atoms with Crippen LogP contribution in [0.15, 0.2) is 48.7 Å². The zero-order valence-electron chi connectivity index (χ0n) is 11.4. The van der Waals surface area contributed by atoms with Crippen LogP contribution in [-0.2, 0) is 12.8 Å². The summed E-state index contributed by atoms with van der Waals surface area (Å²) >= 11 is 0. The molecule has 3 aromatic rings. The average molecular weight is 265 g/mol. The maximum absolute atomic E-state index is 5.99. The molecule has 1 aromatic heterocycles. The molecule has 0 saturated carbocycles. The Morgan fingerprint density at radius 3 is 2.55 bits per heavy atom. The van der Waals surface area contributed by atoms with E-state index in [1.54, 1.807) is 0 Å². The van der Waals surface area contributed by atoms with Crippen LogP contribution in [0, 0.1) is 0 Å². The number of para-hydroxylation sites is 1. The third kappa shape index (κ3) is 2.48. The van der Waals surface area contributed by atoms with E-state index in [0.717, 1.165) is 30.6 Å². The van der Waals surface area contributed by atoms with Gasteiger partial charge in [-0.3, -0.25) is 0 Å². The smallest absolute Gasteiger partial charge is 0.0456 e. The highest BCUT2D eigenvalue weighted by Gasteiger charge is 2.04. The van der Waals surface area contributed by atoms with E-state index in [9.17, 15) is 0 Å². The molecule has 0 aliphatic carbocycles. The lowest BCUT2D eigenvalue weighted by Crippen LogP contribution is -1.97. The highest BCUT2D eigenvalue weighted by Crippen LogP contribution is 2.21. The van der Waals surface area contributed by atoms with Gasteiger partial charge in [0.05, 0.1) is 0 Å². The summed E-state index contributed by atoms with van der Waals surface area (Å²) in [5.41, 5.74) is 17.0. The van der Waals surface area contributed by atoms with Crippen molar-refractivity contribution in [2.24, 2.45) is 0 Å². The van der Waals surface area contributed by atoms with Crippen molar-refractivity contribution < 1.29 is 0 Å². The van der Waals surface area contributed by atoms with Crippen molar-refractivity contribution in [3.8, 4) is 0 Å². The summed E-state index contributed by atoms with van der Waals surface area (Å²) in [6, 6.07) is 14.2. The first-order valence-corrected chi connectivity index (χ1v) is 6.93. The quantitative estimate of drug-likeness (QED) is 0.632. The van der Waals surface area contributed by atoms with Crippen LogP contribution < -0.4 is 11.5 Å². The van der Waals surface area contributed by atoms with Gasteiger partial charge in [0.1, 0.15) is 0 Å². The minimum atomic E-state index is 0.725. The topological polar surface area (TPSA) is 67.8 Å². The van der Waals surface area contributed by atoms with E-state index in [2.05, 4.69) is 35.4 Å². The number of benzene rings is 2. The summed E-state index contributed by atoms with van der Waals surface area (Å²) in [4.78, 5) is 3.31. The molecule has 0 aliphatic heterocycles. The zero-order chi connectivity index (χ0) is 13.9. The van der Waals surface area contributed by atoms with Crippen molar-refractivity contribution in [2.75, 3.05) is 11.5 Å². The molecule has 0 aliphatic rings. The third-order valence-electron chi connectivity index (χ3n) is 3.74. The predicted octanol–water partition coefficient (Wildman–Crippen LogP) is 3.51. The molecule has 2 aromatic carbocycles. The van der Waals surface area contributed by atoms with Gasteiger partial charge >= 0.3 is 0 Å². The summed E-state index contributed by atoms with van der Waals surface area (Å²) in [5.74, 6) is 0. The van der Waals surface area contributed by atoms with E-state index >= 15 is 0 Å². The number of rotatable bonds is 4. The van der Waals surface area contributed by atoms with Gasteiger partial charge in [0, 0.05) is 28.5 Å². The highest BCUT2D eigenvalue weighted by molar-refractivity contribution is 5.83. The van der Waals surface area contributed by atoms with Crippen molar-refractivity contribution in [1.29, 1.82) is 0 Å². The molecule has 0 amide bonds. The fourth-order valence-electron chi connectivity index (χ4n) is 2.65. The predicted molar refractivity (Wildman–Crippen MR) is 85.6 cm³/mol. The molecule has 0 saturated heterocycles. The lowest BCUT2D eigenvalue weighted by molar-refractivity contribution is 0.826. The van der Waals surface area contributed by atoms with E-state index < -0.39 is 0 Å². The Hall–Kier alpha value is -2.42. The summed E-state index contributed by atoms with van der Waals surface area (Å²) in [5, 5.41) is 1.32. The number of nitrogen functional groups attached to an aromatic ring is 2. The van der Waals surface area contributed by atoms with Crippen LogP contribution >= 0.6 is 0 Å². The number of aromatic nitrogens is 1. The number of H-pyrrole nitrogens is 1. The highest BCUT2D eigenvalue weighted by atomic mass is 14.7. The van der Waals surface area contributed by atoms with Crippen LogP contribution in [0.4, 0.5) is 11.4 Å². The van der Waals surface area contributed by atoms with Crippen molar-refractivity contribution in [2.45, 2.75) is 19.3 Å². The molecule has 3 rings (SSSR count). The van der Waals surface area contributed by atoms with Gasteiger partial charge in [-0.25, -0.2) is 0 Å². The number of nitrogens with one attached hydrogen (secondary N) is 1. The molecule has 0 unspecified atom stereocenters. The Kier molecular flexibility index (Phi) is 3.33. The average Bonchev–Trinajstić information content (AvgIpc) is 2.85. The molecule has 0 spiro atoms. The minimum Gasteiger partial charge on any atom is -0.399 e. The molecule has 0 radical (unpaired) electrons. The summed E-state index contributed by atoms with van der Waals surface area (Å²) in [6.45, 7) is 0. The Morgan fingerprint density at radius 2 is 1.70 bits per heavy atom. The van der Waals surface area contributed by atoms with E-state index in [-0.39, 0.29) is 0 Å². The molecular formula is C17H19N3. The number of fused-ring (bicyclic) bond motifs is 1. The Balaban J connectivity index is 1.68. The van der Waals surface area contributed by atoms with E-state index in [1.165, 1.54) is 22.0 Å². The molecular weight excluding hydrogens is 246 g/mol. The van der Waals surface area contributed by atoms with Gasteiger partial charge in [0.15, 0.2) is 0 Å². The molecule has 0 fully saturated rings. The van der Waals surface area contributed by atoms with Crippen LogP contribution in [0.25, 0.3) is 10.9 Å². The second-order valence-corrected chi connectivity index (χ2v) is 5.17. The lowest BCUT2D eigenvalue weighted by Gasteiger charge is -2.06. The van der Waals surface area contributed by atoms with Crippen molar-refractivity contribution in [1.82, 2.24) is 4.98 Å². The SMILES string of the molecule is Nc1ccc(CCCc2c[nH]c3ccccc23)c(N)c1. The van der Waals surface area contributed by atoms with Gasteiger partial charge in [-0.1, -0.05) is 24.3 Å². The van der Waals surface area contributed by atoms with E-state index in [1.807, 2.05) is 18.2 Å². The largest absolute Gasteiger partial charge is 0.399 e. The molecule has 3 heteroatoms. The number of nitrogens with two attached hydrogens (primary N) is 2. The van der Waals surface area contributed by atoms with Crippen LogP contribution in [-0.4, -0.2) is 4.98 Å². The molecule has 0 bridgehead atoms. The van der Waals surface area contributed by atoms with Crippen molar-refractivity contribution in [3.63, 3.8) is 0 Å². The van der Waals surface area contributed by atoms with Gasteiger partial charge < -0.3 is 16.5 Å². The van der Waals surface area contributed by atoms with Crippen molar-refractivity contribution in [3.05, 3.63) is 59.8 Å². The van der Waals surface area contributed by atoms with Gasteiger partial charge in [-0.2, -0.15) is 0 Å². The molecule has 5 N–H and O–H groups in total. The summed E-state index contributed by atoms with van der Waals surface area (Å²) in [7, 11) is 0. The molecule has 20 heavy (non-hydrogen) atoms. The third-order valence-corrected chi connectivity index (χ3v) is 3.74. The van der Waals surface area contributed by atoms with Crippen LogP contribution in [0.3, 0.4) is 0 Å². The minimum absolute atomic E-state index is 0.725. The summed E-state index contributed by atoms with van der Waals surface area (Å²) in [6.07, 6.45) is 5.21. The second kappa shape index (κ2) is 5.29. The first-order chi connectivity index (χ1) is 9.74. The normalized spacial score (nSPS) is 11.0.